The minimum absolute atomic E-state index is 0.0171. The number of carboxylic acids is 3. The van der Waals surface area contributed by atoms with Gasteiger partial charge in [0.1, 0.15) is 0 Å². The van der Waals surface area contributed by atoms with Crippen LogP contribution in [0.15, 0.2) is 103 Å². The fourth-order valence-corrected chi connectivity index (χ4v) is 5.58. The molecular weight excluding hydrogens is 689 g/mol. The summed E-state index contributed by atoms with van der Waals surface area (Å²) in [5.74, 6) is -2.77. The van der Waals surface area contributed by atoms with Gasteiger partial charge in [-0.2, -0.15) is 0 Å². The molecule has 0 heterocycles. The second-order valence-electron chi connectivity index (χ2n) is 12.5. The Labute approximate surface area is 308 Å². The molecule has 0 spiro atoms. The summed E-state index contributed by atoms with van der Waals surface area (Å²) in [7, 11) is 0. The van der Waals surface area contributed by atoms with E-state index in [-0.39, 0.29) is 13.0 Å². The lowest BCUT2D eigenvalue weighted by atomic mass is 9.97. The highest BCUT2D eigenvalue weighted by Gasteiger charge is 2.15. The fraction of sp³-hybridized carbons (Fsp3) is 0.244. The molecule has 0 bridgehead atoms. The number of carbonyl (C=O) groups is 3. The number of hydrogen-bond donors (Lipinski definition) is 5. The van der Waals surface area contributed by atoms with Gasteiger partial charge >= 0.3 is 17.9 Å². The number of hydrogen-bond acceptors (Lipinski definition) is 5. The summed E-state index contributed by atoms with van der Waals surface area (Å²) in [4.78, 5) is 32.5. The van der Waals surface area contributed by atoms with E-state index in [0.29, 0.717) is 32.9 Å². The van der Waals surface area contributed by atoms with Crippen molar-refractivity contribution in [2.75, 3.05) is 5.32 Å². The van der Waals surface area contributed by atoms with E-state index in [1.807, 2.05) is 66.7 Å². The average molecular weight is 733 g/mol. The van der Waals surface area contributed by atoms with Gasteiger partial charge in [0.15, 0.2) is 0 Å². The van der Waals surface area contributed by atoms with Crippen LogP contribution in [0, 0.1) is 5.92 Å². The lowest BCUT2D eigenvalue weighted by molar-refractivity contribution is -0.139. The zero-order chi connectivity index (χ0) is 37.7. The number of carboxylic acid groups (broad SMARTS) is 3. The number of halogens is 2. The maximum absolute atomic E-state index is 10.9. The van der Waals surface area contributed by atoms with Crippen LogP contribution in [-0.4, -0.2) is 38.3 Å². The number of rotatable bonds is 11. The predicted octanol–water partition coefficient (Wildman–Crippen LogP) is 9.96. The molecule has 51 heavy (non-hydrogen) atoms. The molecule has 5 rings (SSSR count). The Balaban J connectivity index is 0.000000208. The van der Waals surface area contributed by atoms with Crippen LogP contribution in [0.25, 0.3) is 10.8 Å². The van der Waals surface area contributed by atoms with E-state index in [2.05, 4.69) is 19.2 Å². The lowest BCUT2D eigenvalue weighted by Crippen LogP contribution is -2.07. The van der Waals surface area contributed by atoms with Gasteiger partial charge in [0.05, 0.1) is 40.6 Å². The minimum Gasteiger partial charge on any atom is -0.481 e. The molecule has 268 valence electrons. The Morgan fingerprint density at radius 3 is 1.75 bits per heavy atom. The number of aliphatic hydroxyl groups excluding tert-OH is 1. The molecule has 0 saturated carbocycles. The third kappa shape index (κ3) is 12.4. The van der Waals surface area contributed by atoms with Crippen LogP contribution in [0.3, 0.4) is 0 Å². The number of anilines is 2. The molecule has 0 aliphatic rings. The number of fused-ring (bicyclic) bond motifs is 1. The molecule has 1 unspecified atom stereocenters. The summed E-state index contributed by atoms with van der Waals surface area (Å²) in [5, 5.41) is 41.8. The van der Waals surface area contributed by atoms with Crippen molar-refractivity contribution in [1.82, 2.24) is 0 Å². The van der Waals surface area contributed by atoms with Gasteiger partial charge in [-0.25, -0.2) is 0 Å². The van der Waals surface area contributed by atoms with Gasteiger partial charge in [0, 0.05) is 5.69 Å². The van der Waals surface area contributed by atoms with E-state index < -0.39 is 29.7 Å². The number of para-hydroxylation sites is 2. The van der Waals surface area contributed by atoms with E-state index in [1.165, 1.54) is 5.56 Å². The Bertz CT molecular complexity index is 1920. The van der Waals surface area contributed by atoms with Gasteiger partial charge in [-0.05, 0) is 89.0 Å². The first-order valence-corrected chi connectivity index (χ1v) is 17.1. The maximum Gasteiger partial charge on any atom is 0.310 e. The SMILES string of the molecule is CC(C)Cc1ccc(C(C)C(=O)O)cc1.C[C@H](C(=O)O)c1ccc2cc(CO)ccc2c1.O=C(O)Cc1ccccc1Nc1c(Cl)cccc1Cl. The first kappa shape index (κ1) is 40.5. The molecule has 0 saturated heterocycles. The Hall–Kier alpha value is -4.89. The van der Waals surface area contributed by atoms with E-state index in [1.54, 1.807) is 50.2 Å². The monoisotopic (exact) mass is 731 g/mol. The molecule has 5 aromatic rings. The largest absolute Gasteiger partial charge is 0.481 e. The fourth-order valence-electron chi connectivity index (χ4n) is 5.09. The van der Waals surface area contributed by atoms with Crippen molar-refractivity contribution in [3.8, 4) is 0 Å². The van der Waals surface area contributed by atoms with Crippen molar-refractivity contribution in [3.63, 3.8) is 0 Å². The van der Waals surface area contributed by atoms with Crippen molar-refractivity contribution >= 4 is 63.3 Å². The van der Waals surface area contributed by atoms with Crippen LogP contribution >= 0.6 is 23.2 Å². The average Bonchev–Trinajstić information content (AvgIpc) is 3.10. The third-order valence-electron chi connectivity index (χ3n) is 8.06. The highest BCUT2D eigenvalue weighted by atomic mass is 35.5. The molecule has 0 aromatic heterocycles. The van der Waals surface area contributed by atoms with Crippen molar-refractivity contribution < 1.29 is 34.8 Å². The van der Waals surface area contributed by atoms with Crippen LogP contribution in [0.4, 0.5) is 11.4 Å². The van der Waals surface area contributed by atoms with Crippen LogP contribution in [0.1, 0.15) is 67.3 Å². The van der Waals surface area contributed by atoms with E-state index in [4.69, 9.17) is 43.6 Å². The molecule has 0 amide bonds. The standard InChI is InChI=1S/C14H11Cl2NO2.C14H14O3.C13H18O2/c15-10-5-3-6-11(16)14(10)17-12-7-2-1-4-9(12)8-13(18)19;1-9(14(16)17)11-4-5-12-6-10(8-15)2-3-13(12)7-11;1-9(2)8-11-4-6-12(7-5-11)10(3)13(14)15/h1-7,17H,8H2,(H,18,19);2-7,9,15H,8H2,1H3,(H,16,17);4-7,9-10H,8H2,1-3H3,(H,14,15)/t;9-;/m.0./s1. The molecule has 5 N–H and O–H groups in total. The Morgan fingerprint density at radius 1 is 0.647 bits per heavy atom. The van der Waals surface area contributed by atoms with E-state index >= 15 is 0 Å². The maximum atomic E-state index is 10.9. The molecule has 0 aliphatic carbocycles. The normalized spacial score (nSPS) is 11.8. The predicted molar refractivity (Wildman–Crippen MR) is 204 cm³/mol. The van der Waals surface area contributed by atoms with Gasteiger partial charge in [0.2, 0.25) is 0 Å². The molecule has 5 aromatic carbocycles. The second-order valence-corrected chi connectivity index (χ2v) is 13.3. The molecule has 0 radical (unpaired) electrons. The van der Waals surface area contributed by atoms with Crippen molar-refractivity contribution in [2.24, 2.45) is 5.92 Å². The summed E-state index contributed by atoms with van der Waals surface area (Å²) in [6, 6.07) is 31.5. The zero-order valence-electron chi connectivity index (χ0n) is 28.9. The number of aliphatic hydroxyl groups is 1. The molecule has 0 aliphatic heterocycles. The molecule has 8 nitrogen and oxygen atoms in total. The van der Waals surface area contributed by atoms with Crippen molar-refractivity contribution in [3.05, 3.63) is 141 Å². The van der Waals surface area contributed by atoms with Gasteiger partial charge < -0.3 is 25.7 Å². The highest BCUT2D eigenvalue weighted by molar-refractivity contribution is 6.39. The molecular formula is C41H43Cl2NO7. The van der Waals surface area contributed by atoms with Crippen LogP contribution in [0.2, 0.25) is 10.0 Å². The van der Waals surface area contributed by atoms with Gasteiger partial charge in [-0.3, -0.25) is 14.4 Å². The number of nitrogens with one attached hydrogen (secondary N) is 1. The summed E-state index contributed by atoms with van der Waals surface area (Å²) >= 11 is 12.1. The quantitative estimate of drug-likeness (QED) is 0.0903. The summed E-state index contributed by atoms with van der Waals surface area (Å²) in [5.41, 5.74) is 5.72. The lowest BCUT2D eigenvalue weighted by Gasteiger charge is -2.13. The first-order valence-electron chi connectivity index (χ1n) is 16.4. The smallest absolute Gasteiger partial charge is 0.310 e. The van der Waals surface area contributed by atoms with Crippen LogP contribution in [0.5, 0.6) is 0 Å². The summed E-state index contributed by atoms with van der Waals surface area (Å²) in [6.07, 6.45) is 0.979. The minimum atomic E-state index is -0.889. The van der Waals surface area contributed by atoms with Crippen molar-refractivity contribution in [1.29, 1.82) is 0 Å². The van der Waals surface area contributed by atoms with Crippen LogP contribution in [-0.2, 0) is 33.8 Å². The Morgan fingerprint density at radius 2 is 1.18 bits per heavy atom. The van der Waals surface area contributed by atoms with E-state index in [9.17, 15) is 14.4 Å². The highest BCUT2D eigenvalue weighted by Crippen LogP contribution is 2.33. The topological polar surface area (TPSA) is 144 Å². The zero-order valence-corrected chi connectivity index (χ0v) is 30.4. The van der Waals surface area contributed by atoms with Gasteiger partial charge in [0.25, 0.3) is 0 Å². The third-order valence-corrected chi connectivity index (χ3v) is 8.69. The number of benzene rings is 5. The summed E-state index contributed by atoms with van der Waals surface area (Å²) in [6.45, 7) is 7.75. The van der Waals surface area contributed by atoms with Crippen LogP contribution < -0.4 is 5.32 Å². The second kappa shape index (κ2) is 19.5. The number of aliphatic carboxylic acids is 3. The Kier molecular flexibility index (Phi) is 15.5. The molecule has 2 atom stereocenters. The molecule has 10 heteroatoms. The summed E-state index contributed by atoms with van der Waals surface area (Å²) < 4.78 is 0. The van der Waals surface area contributed by atoms with Crippen molar-refractivity contribution in [2.45, 2.75) is 59.0 Å². The van der Waals surface area contributed by atoms with E-state index in [0.717, 1.165) is 33.9 Å². The first-order chi connectivity index (χ1) is 24.2. The van der Waals surface area contributed by atoms with Gasteiger partial charge in [-0.15, -0.1) is 0 Å². The van der Waals surface area contributed by atoms with Gasteiger partial charge in [-0.1, -0.05) is 116 Å². The molecule has 0 fully saturated rings.